The number of carbonyl (C=O) groups excluding carboxylic acids is 1. The fraction of sp³-hybridized carbons (Fsp3) is 0.500. The first-order valence-corrected chi connectivity index (χ1v) is 9.86. The van der Waals surface area contributed by atoms with Crippen LogP contribution >= 0.6 is 11.3 Å². The monoisotopic (exact) mass is 357 g/mol. The third-order valence-corrected chi connectivity index (χ3v) is 5.66. The van der Waals surface area contributed by atoms with Crippen molar-refractivity contribution in [2.45, 2.75) is 45.1 Å². The third-order valence-electron chi connectivity index (χ3n) is 4.89. The zero-order valence-corrected chi connectivity index (χ0v) is 15.3. The summed E-state index contributed by atoms with van der Waals surface area (Å²) in [6, 6.07) is 0. The number of aryl methyl sites for hydroxylation is 1. The van der Waals surface area contributed by atoms with E-state index in [1.807, 2.05) is 33.3 Å². The summed E-state index contributed by atoms with van der Waals surface area (Å²) in [6.07, 6.45) is 12.1. The summed E-state index contributed by atoms with van der Waals surface area (Å²) in [5, 5.41) is 1.98. The van der Waals surface area contributed by atoms with Crippen LogP contribution in [0.4, 0.5) is 0 Å². The van der Waals surface area contributed by atoms with Crippen molar-refractivity contribution < 1.29 is 4.79 Å². The lowest BCUT2D eigenvalue weighted by Crippen LogP contribution is -2.40. The van der Waals surface area contributed by atoms with Gasteiger partial charge in [-0.1, -0.05) is 13.3 Å². The Morgan fingerprint density at radius 3 is 3.16 bits per heavy atom. The maximum atomic E-state index is 12.9. The molecule has 0 unspecified atom stereocenters. The maximum Gasteiger partial charge on any atom is 0.274 e. The van der Waals surface area contributed by atoms with Gasteiger partial charge in [-0.25, -0.2) is 9.97 Å². The molecule has 0 saturated carbocycles. The van der Waals surface area contributed by atoms with Crippen LogP contribution in [-0.4, -0.2) is 42.8 Å². The molecule has 0 spiro atoms. The van der Waals surface area contributed by atoms with Gasteiger partial charge in [-0.3, -0.25) is 9.20 Å². The van der Waals surface area contributed by atoms with E-state index < -0.39 is 0 Å². The summed E-state index contributed by atoms with van der Waals surface area (Å²) < 4.78 is 4.17. The number of thiazole rings is 1. The van der Waals surface area contributed by atoms with Gasteiger partial charge >= 0.3 is 0 Å². The SMILES string of the molecule is CCCCn1ccnc1[C@@H]1CCCN(C(=O)c2cn3ccsc3n2)C1. The highest BCUT2D eigenvalue weighted by molar-refractivity contribution is 7.15. The van der Waals surface area contributed by atoms with Gasteiger partial charge in [0.1, 0.15) is 11.5 Å². The molecule has 0 bridgehead atoms. The van der Waals surface area contributed by atoms with Gasteiger partial charge in [0.2, 0.25) is 0 Å². The Morgan fingerprint density at radius 1 is 1.40 bits per heavy atom. The molecule has 25 heavy (non-hydrogen) atoms. The predicted octanol–water partition coefficient (Wildman–Crippen LogP) is 3.41. The Hall–Kier alpha value is -2.15. The molecular weight excluding hydrogens is 334 g/mol. The second-order valence-corrected chi connectivity index (χ2v) is 7.51. The second-order valence-electron chi connectivity index (χ2n) is 6.64. The van der Waals surface area contributed by atoms with Gasteiger partial charge in [-0.15, -0.1) is 11.3 Å². The molecule has 1 atom stereocenters. The van der Waals surface area contributed by atoms with Crippen LogP contribution in [0.1, 0.15) is 54.8 Å². The highest BCUT2D eigenvalue weighted by Crippen LogP contribution is 2.27. The Balaban J connectivity index is 1.50. The van der Waals surface area contributed by atoms with Gasteiger partial charge in [0, 0.05) is 55.7 Å². The van der Waals surface area contributed by atoms with Crippen molar-refractivity contribution in [2.24, 2.45) is 0 Å². The van der Waals surface area contributed by atoms with E-state index in [0.717, 1.165) is 49.7 Å². The number of fused-ring (bicyclic) bond motifs is 1. The van der Waals surface area contributed by atoms with Crippen LogP contribution in [0.5, 0.6) is 0 Å². The Labute approximate surface area is 151 Å². The first-order chi connectivity index (χ1) is 12.3. The summed E-state index contributed by atoms with van der Waals surface area (Å²) >= 11 is 1.55. The fourth-order valence-corrected chi connectivity index (χ4v) is 4.26. The van der Waals surface area contributed by atoms with Gasteiger partial charge in [0.05, 0.1) is 0 Å². The molecule has 0 N–H and O–H groups in total. The lowest BCUT2D eigenvalue weighted by molar-refractivity contribution is 0.0698. The number of nitrogens with zero attached hydrogens (tertiary/aromatic N) is 5. The maximum absolute atomic E-state index is 12.9. The number of carbonyl (C=O) groups is 1. The molecular formula is C18H23N5OS. The number of likely N-dealkylation sites (tertiary alicyclic amines) is 1. The van der Waals surface area contributed by atoms with Crippen molar-refractivity contribution in [1.82, 2.24) is 23.8 Å². The number of unbranched alkanes of at least 4 members (excludes halogenated alkanes) is 1. The van der Waals surface area contributed by atoms with Crippen LogP contribution in [0.3, 0.4) is 0 Å². The summed E-state index contributed by atoms with van der Waals surface area (Å²) in [5.74, 6) is 1.47. The van der Waals surface area contributed by atoms with Crippen molar-refractivity contribution in [3.63, 3.8) is 0 Å². The number of piperidine rings is 1. The topological polar surface area (TPSA) is 55.4 Å². The molecule has 132 valence electrons. The van der Waals surface area contributed by atoms with E-state index in [-0.39, 0.29) is 5.91 Å². The van der Waals surface area contributed by atoms with E-state index in [1.54, 1.807) is 11.3 Å². The Bertz CT molecular complexity index is 835. The van der Waals surface area contributed by atoms with Crippen LogP contribution in [0.25, 0.3) is 4.96 Å². The van der Waals surface area contributed by atoms with Gasteiger partial charge < -0.3 is 9.47 Å². The molecule has 1 aliphatic heterocycles. The normalized spacial score (nSPS) is 18.1. The lowest BCUT2D eigenvalue weighted by Gasteiger charge is -2.32. The number of aromatic nitrogens is 4. The molecule has 1 saturated heterocycles. The summed E-state index contributed by atoms with van der Waals surface area (Å²) in [7, 11) is 0. The number of hydrogen-bond donors (Lipinski definition) is 0. The van der Waals surface area contributed by atoms with Gasteiger partial charge in [0.15, 0.2) is 4.96 Å². The predicted molar refractivity (Wildman–Crippen MR) is 98.1 cm³/mol. The Morgan fingerprint density at radius 2 is 2.32 bits per heavy atom. The van der Waals surface area contributed by atoms with Crippen LogP contribution < -0.4 is 0 Å². The number of rotatable bonds is 5. The van der Waals surface area contributed by atoms with Gasteiger partial charge in [-0.05, 0) is 19.3 Å². The minimum absolute atomic E-state index is 0.0345. The molecule has 3 aromatic rings. The number of hydrogen-bond acceptors (Lipinski definition) is 4. The van der Waals surface area contributed by atoms with E-state index in [1.165, 1.54) is 6.42 Å². The second kappa shape index (κ2) is 7.00. The minimum Gasteiger partial charge on any atom is -0.337 e. The van der Waals surface area contributed by atoms with Gasteiger partial charge in [-0.2, -0.15) is 0 Å². The van der Waals surface area contributed by atoms with Crippen molar-refractivity contribution in [2.75, 3.05) is 13.1 Å². The zero-order chi connectivity index (χ0) is 17.2. The molecule has 0 aliphatic carbocycles. The van der Waals surface area contributed by atoms with Crippen LogP contribution in [-0.2, 0) is 6.54 Å². The zero-order valence-electron chi connectivity index (χ0n) is 14.5. The lowest BCUT2D eigenvalue weighted by atomic mass is 9.96. The molecule has 0 radical (unpaired) electrons. The molecule has 1 aliphatic rings. The van der Waals surface area contributed by atoms with E-state index in [0.29, 0.717) is 11.6 Å². The average Bonchev–Trinajstić information content (AvgIpc) is 3.34. The molecule has 4 heterocycles. The standard InChI is InChI=1S/C18H23N5OS/c1-2-3-7-21-9-6-19-16(21)14-5-4-8-22(12-14)17(24)15-13-23-10-11-25-18(23)20-15/h6,9-11,13-14H,2-5,7-8,12H2,1H3/t14-/m1/s1. The highest BCUT2D eigenvalue weighted by Gasteiger charge is 2.29. The first kappa shape index (κ1) is 16.3. The van der Waals surface area contributed by atoms with Crippen LogP contribution in [0.15, 0.2) is 30.2 Å². The first-order valence-electron chi connectivity index (χ1n) is 8.98. The number of imidazole rings is 2. The highest BCUT2D eigenvalue weighted by atomic mass is 32.1. The molecule has 3 aromatic heterocycles. The smallest absolute Gasteiger partial charge is 0.274 e. The Kier molecular flexibility index (Phi) is 4.57. The van der Waals surface area contributed by atoms with Gasteiger partial charge in [0.25, 0.3) is 5.91 Å². The van der Waals surface area contributed by atoms with Crippen molar-refractivity contribution in [3.05, 3.63) is 41.7 Å². The molecule has 0 aromatic carbocycles. The molecule has 4 rings (SSSR count). The largest absolute Gasteiger partial charge is 0.337 e. The quantitative estimate of drug-likeness (QED) is 0.703. The van der Waals surface area contributed by atoms with E-state index >= 15 is 0 Å². The molecule has 6 nitrogen and oxygen atoms in total. The van der Waals surface area contributed by atoms with Crippen LogP contribution in [0, 0.1) is 0 Å². The van der Waals surface area contributed by atoms with Crippen molar-refractivity contribution >= 4 is 22.2 Å². The van der Waals surface area contributed by atoms with E-state index in [4.69, 9.17) is 0 Å². The summed E-state index contributed by atoms with van der Waals surface area (Å²) in [5.41, 5.74) is 0.543. The number of amides is 1. The molecule has 7 heteroatoms. The van der Waals surface area contributed by atoms with Crippen molar-refractivity contribution in [1.29, 1.82) is 0 Å². The van der Waals surface area contributed by atoms with E-state index in [9.17, 15) is 4.79 Å². The summed E-state index contributed by atoms with van der Waals surface area (Å²) in [6.45, 7) is 4.74. The minimum atomic E-state index is 0.0345. The average molecular weight is 357 g/mol. The van der Waals surface area contributed by atoms with Crippen LogP contribution in [0.2, 0.25) is 0 Å². The summed E-state index contributed by atoms with van der Waals surface area (Å²) in [4.78, 5) is 24.7. The van der Waals surface area contributed by atoms with Crippen molar-refractivity contribution in [3.8, 4) is 0 Å². The molecule has 1 amide bonds. The molecule has 1 fully saturated rings. The fourth-order valence-electron chi connectivity index (χ4n) is 3.56. The van der Waals surface area contributed by atoms with E-state index in [2.05, 4.69) is 27.7 Å². The third kappa shape index (κ3) is 3.20.